The lowest BCUT2D eigenvalue weighted by atomic mass is 10.1. The van der Waals surface area contributed by atoms with Crippen LogP contribution in [0.4, 0.5) is 5.82 Å². The van der Waals surface area contributed by atoms with Crippen molar-refractivity contribution in [2.45, 2.75) is 32.1 Å². The van der Waals surface area contributed by atoms with Crippen LogP contribution in [0.5, 0.6) is 5.75 Å². The number of methoxy groups -OCH3 is 1. The molecule has 1 aliphatic rings. The minimum Gasteiger partial charge on any atom is -0.490 e. The monoisotopic (exact) mass is 255 g/mol. The molecule has 2 rings (SSSR count). The van der Waals surface area contributed by atoms with E-state index in [9.17, 15) is 0 Å². The first-order valence-corrected chi connectivity index (χ1v) is 6.50. The summed E-state index contributed by atoms with van der Waals surface area (Å²) in [5.41, 5.74) is 0. The summed E-state index contributed by atoms with van der Waals surface area (Å²) >= 11 is 6.02. The number of halogens is 1. The summed E-state index contributed by atoms with van der Waals surface area (Å²) in [6.07, 6.45) is 7.82. The maximum absolute atomic E-state index is 6.02. The first-order valence-electron chi connectivity index (χ1n) is 6.12. The lowest BCUT2D eigenvalue weighted by Gasteiger charge is -2.26. The van der Waals surface area contributed by atoms with Gasteiger partial charge in [-0.15, -0.1) is 0 Å². The van der Waals surface area contributed by atoms with Crippen molar-refractivity contribution in [3.8, 4) is 5.75 Å². The summed E-state index contributed by atoms with van der Waals surface area (Å²) in [6.45, 7) is 2.04. The van der Waals surface area contributed by atoms with E-state index < -0.39 is 0 Å². The Labute approximate surface area is 107 Å². The first kappa shape index (κ1) is 12.4. The van der Waals surface area contributed by atoms with Crippen LogP contribution in [-0.2, 0) is 0 Å². The van der Waals surface area contributed by atoms with Gasteiger partial charge in [-0.3, -0.25) is 0 Å². The molecule has 1 saturated heterocycles. The van der Waals surface area contributed by atoms with Crippen molar-refractivity contribution < 1.29 is 4.74 Å². The van der Waals surface area contributed by atoms with E-state index in [-0.39, 0.29) is 0 Å². The van der Waals surface area contributed by atoms with Crippen molar-refractivity contribution in [1.82, 2.24) is 9.97 Å². The Kier molecular flexibility index (Phi) is 4.42. The van der Waals surface area contributed by atoms with Crippen LogP contribution in [0, 0.1) is 0 Å². The SMILES string of the molecule is COc1c(Cl)ncnc1N1CCCCCCC1. The topological polar surface area (TPSA) is 38.3 Å². The van der Waals surface area contributed by atoms with E-state index in [1.807, 2.05) is 0 Å². The number of hydrogen-bond acceptors (Lipinski definition) is 4. The second-order valence-electron chi connectivity index (χ2n) is 4.28. The van der Waals surface area contributed by atoms with Crippen LogP contribution in [0.3, 0.4) is 0 Å². The Morgan fingerprint density at radius 3 is 2.41 bits per heavy atom. The third-order valence-electron chi connectivity index (χ3n) is 3.10. The molecule has 0 aliphatic carbocycles. The van der Waals surface area contributed by atoms with Crippen LogP contribution in [0.2, 0.25) is 5.15 Å². The predicted octanol–water partition coefficient (Wildman–Crippen LogP) is 2.91. The third kappa shape index (κ3) is 3.00. The molecular weight excluding hydrogens is 238 g/mol. The van der Waals surface area contributed by atoms with Crippen LogP contribution in [0.1, 0.15) is 32.1 Å². The smallest absolute Gasteiger partial charge is 0.199 e. The zero-order valence-corrected chi connectivity index (χ0v) is 10.9. The summed E-state index contributed by atoms with van der Waals surface area (Å²) in [5, 5.41) is 0.388. The quantitative estimate of drug-likeness (QED) is 0.762. The Morgan fingerprint density at radius 2 is 1.76 bits per heavy atom. The molecule has 0 spiro atoms. The molecule has 1 aliphatic heterocycles. The largest absolute Gasteiger partial charge is 0.490 e. The molecule has 1 aromatic rings. The highest BCUT2D eigenvalue weighted by Gasteiger charge is 2.17. The molecular formula is C12H18ClN3O. The molecule has 0 atom stereocenters. The van der Waals surface area contributed by atoms with Crippen molar-refractivity contribution in [2.24, 2.45) is 0 Å². The Morgan fingerprint density at radius 1 is 1.12 bits per heavy atom. The van der Waals surface area contributed by atoms with Gasteiger partial charge in [0, 0.05) is 13.1 Å². The van der Waals surface area contributed by atoms with E-state index in [4.69, 9.17) is 16.3 Å². The van der Waals surface area contributed by atoms with Crippen LogP contribution in [0.15, 0.2) is 6.33 Å². The molecule has 2 heterocycles. The molecule has 1 fully saturated rings. The molecule has 0 saturated carbocycles. The summed E-state index contributed by atoms with van der Waals surface area (Å²) in [4.78, 5) is 10.5. The van der Waals surface area contributed by atoms with E-state index >= 15 is 0 Å². The Bertz CT molecular complexity index is 365. The van der Waals surface area contributed by atoms with Crippen molar-refractivity contribution in [3.63, 3.8) is 0 Å². The van der Waals surface area contributed by atoms with Gasteiger partial charge >= 0.3 is 0 Å². The first-order chi connectivity index (χ1) is 8.33. The van der Waals surface area contributed by atoms with Crippen molar-refractivity contribution in [1.29, 1.82) is 0 Å². The maximum Gasteiger partial charge on any atom is 0.199 e. The minimum absolute atomic E-state index is 0.388. The lowest BCUT2D eigenvalue weighted by molar-refractivity contribution is 0.409. The zero-order valence-electron chi connectivity index (χ0n) is 10.2. The van der Waals surface area contributed by atoms with Crippen LogP contribution >= 0.6 is 11.6 Å². The van der Waals surface area contributed by atoms with Gasteiger partial charge in [-0.2, -0.15) is 0 Å². The molecule has 0 N–H and O–H groups in total. The van der Waals surface area contributed by atoms with Gasteiger partial charge in [0.2, 0.25) is 0 Å². The van der Waals surface area contributed by atoms with E-state index in [2.05, 4.69) is 14.9 Å². The van der Waals surface area contributed by atoms with Crippen LogP contribution in [-0.4, -0.2) is 30.2 Å². The van der Waals surface area contributed by atoms with Gasteiger partial charge < -0.3 is 9.64 Å². The molecule has 1 aromatic heterocycles. The fourth-order valence-electron chi connectivity index (χ4n) is 2.20. The van der Waals surface area contributed by atoms with E-state index in [0.717, 1.165) is 18.9 Å². The van der Waals surface area contributed by atoms with Crippen molar-refractivity contribution >= 4 is 17.4 Å². The predicted molar refractivity (Wildman–Crippen MR) is 68.9 cm³/mol. The average molecular weight is 256 g/mol. The van der Waals surface area contributed by atoms with Crippen LogP contribution in [0.25, 0.3) is 0 Å². The van der Waals surface area contributed by atoms with Crippen molar-refractivity contribution in [3.05, 3.63) is 11.5 Å². The van der Waals surface area contributed by atoms with Gasteiger partial charge in [-0.25, -0.2) is 9.97 Å². The molecule has 5 heteroatoms. The maximum atomic E-state index is 6.02. The second kappa shape index (κ2) is 6.05. The number of nitrogens with zero attached hydrogens (tertiary/aromatic N) is 3. The number of aromatic nitrogens is 2. The fourth-order valence-corrected chi connectivity index (χ4v) is 2.41. The average Bonchev–Trinajstić information content (AvgIpc) is 2.28. The highest BCUT2D eigenvalue weighted by molar-refractivity contribution is 6.31. The van der Waals surface area contributed by atoms with E-state index in [1.165, 1.54) is 38.4 Å². The number of ether oxygens (including phenoxy) is 1. The van der Waals surface area contributed by atoms with Gasteiger partial charge in [0.25, 0.3) is 0 Å². The molecule has 0 bridgehead atoms. The molecule has 17 heavy (non-hydrogen) atoms. The minimum atomic E-state index is 0.388. The molecule has 0 amide bonds. The lowest BCUT2D eigenvalue weighted by Crippen LogP contribution is -2.28. The number of hydrogen-bond donors (Lipinski definition) is 0. The summed E-state index contributed by atoms with van der Waals surface area (Å²) < 4.78 is 5.30. The van der Waals surface area contributed by atoms with Crippen molar-refractivity contribution in [2.75, 3.05) is 25.1 Å². The molecule has 0 radical (unpaired) electrons. The zero-order chi connectivity index (χ0) is 12.1. The molecule has 0 unspecified atom stereocenters. The molecule has 0 aromatic carbocycles. The van der Waals surface area contributed by atoms with E-state index in [1.54, 1.807) is 7.11 Å². The van der Waals surface area contributed by atoms with Gasteiger partial charge in [0.05, 0.1) is 7.11 Å². The fraction of sp³-hybridized carbons (Fsp3) is 0.667. The second-order valence-corrected chi connectivity index (χ2v) is 4.63. The Hall–Kier alpha value is -1.03. The number of anilines is 1. The Balaban J connectivity index is 2.21. The standard InChI is InChI=1S/C12H18ClN3O/c1-17-10-11(13)14-9-15-12(10)16-7-5-3-2-4-6-8-16/h9H,2-8H2,1H3. The number of rotatable bonds is 2. The van der Waals surface area contributed by atoms with Gasteiger partial charge in [0.1, 0.15) is 6.33 Å². The summed E-state index contributed by atoms with van der Waals surface area (Å²) in [5.74, 6) is 1.42. The highest BCUT2D eigenvalue weighted by Crippen LogP contribution is 2.32. The molecule has 4 nitrogen and oxygen atoms in total. The summed E-state index contributed by atoms with van der Waals surface area (Å²) in [6, 6.07) is 0. The molecule has 94 valence electrons. The van der Waals surface area contributed by atoms with Gasteiger partial charge in [-0.1, -0.05) is 30.9 Å². The van der Waals surface area contributed by atoms with Crippen LogP contribution < -0.4 is 9.64 Å². The van der Waals surface area contributed by atoms with Gasteiger partial charge in [-0.05, 0) is 12.8 Å². The highest BCUT2D eigenvalue weighted by atomic mass is 35.5. The summed E-state index contributed by atoms with van der Waals surface area (Å²) in [7, 11) is 1.61. The third-order valence-corrected chi connectivity index (χ3v) is 3.37. The normalized spacial score (nSPS) is 17.4. The van der Waals surface area contributed by atoms with E-state index in [0.29, 0.717) is 10.9 Å². The van der Waals surface area contributed by atoms with Gasteiger partial charge in [0.15, 0.2) is 16.7 Å².